The van der Waals surface area contributed by atoms with E-state index in [-0.39, 0.29) is 6.61 Å². The van der Waals surface area contributed by atoms with Crippen molar-refractivity contribution in [3.8, 4) is 11.6 Å². The van der Waals surface area contributed by atoms with E-state index in [1.54, 1.807) is 6.07 Å². The minimum atomic E-state index is -0.00532. The SMILES string of the molecule is Cc1nc(Oc2ccc(Br)cc2C(C)C)ccc1CO. The third kappa shape index (κ3) is 3.38. The van der Waals surface area contributed by atoms with Crippen molar-refractivity contribution in [1.82, 2.24) is 4.98 Å². The maximum Gasteiger partial charge on any atom is 0.219 e. The Morgan fingerprint density at radius 1 is 1.25 bits per heavy atom. The number of aromatic nitrogens is 1. The van der Waals surface area contributed by atoms with Gasteiger partial charge in [-0.15, -0.1) is 0 Å². The molecule has 0 fully saturated rings. The van der Waals surface area contributed by atoms with Crippen molar-refractivity contribution in [2.24, 2.45) is 0 Å². The lowest BCUT2D eigenvalue weighted by molar-refractivity contribution is 0.280. The molecule has 0 aliphatic rings. The number of pyridine rings is 1. The quantitative estimate of drug-likeness (QED) is 0.890. The Labute approximate surface area is 127 Å². The molecule has 2 aromatic rings. The number of benzene rings is 1. The van der Waals surface area contributed by atoms with Gasteiger partial charge in [0, 0.05) is 16.2 Å². The van der Waals surface area contributed by atoms with E-state index in [9.17, 15) is 0 Å². The van der Waals surface area contributed by atoms with Gasteiger partial charge in [-0.3, -0.25) is 0 Å². The summed E-state index contributed by atoms with van der Waals surface area (Å²) in [5, 5.41) is 9.16. The topological polar surface area (TPSA) is 42.4 Å². The second-order valence-electron chi connectivity index (χ2n) is 4.99. The van der Waals surface area contributed by atoms with Gasteiger partial charge in [-0.2, -0.15) is 0 Å². The average molecular weight is 336 g/mol. The van der Waals surface area contributed by atoms with E-state index in [4.69, 9.17) is 9.84 Å². The molecule has 0 amide bonds. The lowest BCUT2D eigenvalue weighted by Gasteiger charge is -2.14. The van der Waals surface area contributed by atoms with Crippen molar-refractivity contribution < 1.29 is 9.84 Å². The summed E-state index contributed by atoms with van der Waals surface area (Å²) in [6.07, 6.45) is 0. The monoisotopic (exact) mass is 335 g/mol. The minimum Gasteiger partial charge on any atom is -0.439 e. The molecule has 0 radical (unpaired) electrons. The molecule has 0 spiro atoms. The maximum absolute atomic E-state index is 9.16. The summed E-state index contributed by atoms with van der Waals surface area (Å²) in [6, 6.07) is 9.58. The van der Waals surface area contributed by atoms with Crippen LogP contribution in [0.5, 0.6) is 11.6 Å². The first-order chi connectivity index (χ1) is 9.51. The van der Waals surface area contributed by atoms with Crippen molar-refractivity contribution in [3.63, 3.8) is 0 Å². The molecule has 4 heteroatoms. The van der Waals surface area contributed by atoms with E-state index in [1.165, 1.54) is 0 Å². The smallest absolute Gasteiger partial charge is 0.219 e. The zero-order valence-corrected chi connectivity index (χ0v) is 13.4. The number of halogens is 1. The second-order valence-corrected chi connectivity index (χ2v) is 5.91. The first kappa shape index (κ1) is 15.0. The molecule has 106 valence electrons. The molecule has 0 atom stereocenters. The average Bonchev–Trinajstić information content (AvgIpc) is 2.41. The van der Waals surface area contributed by atoms with E-state index < -0.39 is 0 Å². The van der Waals surface area contributed by atoms with Crippen LogP contribution in [0.1, 0.15) is 36.6 Å². The molecule has 1 heterocycles. The van der Waals surface area contributed by atoms with Crippen LogP contribution in [0.4, 0.5) is 0 Å². The molecule has 3 nitrogen and oxygen atoms in total. The summed E-state index contributed by atoms with van der Waals surface area (Å²) < 4.78 is 6.93. The number of hydrogen-bond acceptors (Lipinski definition) is 3. The number of ether oxygens (including phenoxy) is 1. The van der Waals surface area contributed by atoms with Gasteiger partial charge in [-0.25, -0.2) is 4.98 Å². The van der Waals surface area contributed by atoms with Gasteiger partial charge in [0.15, 0.2) is 0 Å². The molecular weight excluding hydrogens is 318 g/mol. The molecule has 20 heavy (non-hydrogen) atoms. The number of rotatable bonds is 4. The van der Waals surface area contributed by atoms with Crippen LogP contribution in [0.25, 0.3) is 0 Å². The van der Waals surface area contributed by atoms with Gasteiger partial charge in [0.05, 0.1) is 6.61 Å². The van der Waals surface area contributed by atoms with Gasteiger partial charge < -0.3 is 9.84 Å². The van der Waals surface area contributed by atoms with Crippen LogP contribution in [-0.4, -0.2) is 10.1 Å². The van der Waals surface area contributed by atoms with Crippen LogP contribution < -0.4 is 4.74 Å². The molecular formula is C16H18BrNO2. The molecule has 0 aliphatic heterocycles. The highest BCUT2D eigenvalue weighted by atomic mass is 79.9. The first-order valence-electron chi connectivity index (χ1n) is 6.56. The zero-order chi connectivity index (χ0) is 14.7. The molecule has 1 aromatic heterocycles. The number of aliphatic hydroxyl groups excluding tert-OH is 1. The maximum atomic E-state index is 9.16. The number of aliphatic hydroxyl groups is 1. The van der Waals surface area contributed by atoms with E-state index in [1.807, 2.05) is 25.1 Å². The van der Waals surface area contributed by atoms with Crippen LogP contribution in [-0.2, 0) is 6.61 Å². The summed E-state index contributed by atoms with van der Waals surface area (Å²) in [5.41, 5.74) is 2.73. The van der Waals surface area contributed by atoms with Crippen molar-refractivity contribution in [1.29, 1.82) is 0 Å². The normalized spacial score (nSPS) is 10.9. The molecule has 0 unspecified atom stereocenters. The van der Waals surface area contributed by atoms with E-state index in [0.717, 1.165) is 27.0 Å². The standard InChI is InChI=1S/C16H18BrNO2/c1-10(2)14-8-13(17)5-6-15(14)20-16-7-4-12(9-19)11(3)18-16/h4-8,10,19H,9H2,1-3H3. The number of nitrogens with zero attached hydrogens (tertiary/aromatic N) is 1. The Bertz CT molecular complexity index is 611. The summed E-state index contributed by atoms with van der Waals surface area (Å²) in [4.78, 5) is 4.37. The minimum absolute atomic E-state index is 0.00532. The van der Waals surface area contributed by atoms with E-state index in [2.05, 4.69) is 40.8 Å². The number of hydrogen-bond donors (Lipinski definition) is 1. The van der Waals surface area contributed by atoms with Crippen molar-refractivity contribution in [2.45, 2.75) is 33.3 Å². The number of aryl methyl sites for hydroxylation is 1. The largest absolute Gasteiger partial charge is 0.439 e. The van der Waals surface area contributed by atoms with E-state index in [0.29, 0.717) is 11.8 Å². The predicted molar refractivity (Wildman–Crippen MR) is 83.2 cm³/mol. The van der Waals surface area contributed by atoms with Gasteiger partial charge in [-0.05, 0) is 48.2 Å². The summed E-state index contributed by atoms with van der Waals surface area (Å²) in [5.74, 6) is 1.72. The molecule has 0 bridgehead atoms. The molecule has 0 saturated heterocycles. The highest BCUT2D eigenvalue weighted by molar-refractivity contribution is 9.10. The fourth-order valence-electron chi connectivity index (χ4n) is 1.97. The van der Waals surface area contributed by atoms with Crippen LogP contribution in [0.2, 0.25) is 0 Å². The third-order valence-electron chi connectivity index (χ3n) is 3.15. The van der Waals surface area contributed by atoms with E-state index >= 15 is 0 Å². The molecule has 2 rings (SSSR count). The lowest BCUT2D eigenvalue weighted by atomic mass is 10.0. The summed E-state index contributed by atoms with van der Waals surface area (Å²) in [7, 11) is 0. The Balaban J connectivity index is 2.32. The lowest BCUT2D eigenvalue weighted by Crippen LogP contribution is -1.98. The molecule has 1 aromatic carbocycles. The van der Waals surface area contributed by atoms with Gasteiger partial charge in [0.1, 0.15) is 5.75 Å². The van der Waals surface area contributed by atoms with Gasteiger partial charge in [-0.1, -0.05) is 29.8 Å². The Kier molecular flexibility index (Phi) is 4.78. The van der Waals surface area contributed by atoms with Crippen molar-refractivity contribution in [3.05, 3.63) is 51.6 Å². The van der Waals surface area contributed by atoms with Crippen molar-refractivity contribution in [2.75, 3.05) is 0 Å². The zero-order valence-electron chi connectivity index (χ0n) is 11.9. The Morgan fingerprint density at radius 3 is 2.60 bits per heavy atom. The fraction of sp³-hybridized carbons (Fsp3) is 0.312. The summed E-state index contributed by atoms with van der Waals surface area (Å²) in [6.45, 7) is 6.11. The third-order valence-corrected chi connectivity index (χ3v) is 3.64. The van der Waals surface area contributed by atoms with Crippen molar-refractivity contribution >= 4 is 15.9 Å². The second kappa shape index (κ2) is 6.37. The highest BCUT2D eigenvalue weighted by Gasteiger charge is 2.11. The molecule has 1 N–H and O–H groups in total. The van der Waals surface area contributed by atoms with Crippen LogP contribution in [0, 0.1) is 6.92 Å². The van der Waals surface area contributed by atoms with Gasteiger partial charge in [0.25, 0.3) is 0 Å². The Hall–Kier alpha value is -1.39. The van der Waals surface area contributed by atoms with Crippen LogP contribution in [0.3, 0.4) is 0 Å². The van der Waals surface area contributed by atoms with Crippen LogP contribution in [0.15, 0.2) is 34.8 Å². The molecule has 0 aliphatic carbocycles. The predicted octanol–water partition coefficient (Wildman–Crippen LogP) is 4.56. The Morgan fingerprint density at radius 2 is 2.00 bits per heavy atom. The van der Waals surface area contributed by atoms with Gasteiger partial charge >= 0.3 is 0 Å². The van der Waals surface area contributed by atoms with Gasteiger partial charge in [0.2, 0.25) is 5.88 Å². The fourth-order valence-corrected chi connectivity index (χ4v) is 2.35. The molecule has 0 saturated carbocycles. The highest BCUT2D eigenvalue weighted by Crippen LogP contribution is 2.32. The van der Waals surface area contributed by atoms with Crippen LogP contribution >= 0.6 is 15.9 Å². The first-order valence-corrected chi connectivity index (χ1v) is 7.35. The summed E-state index contributed by atoms with van der Waals surface area (Å²) >= 11 is 3.48.